The van der Waals surface area contributed by atoms with Gasteiger partial charge in [-0.1, -0.05) is 0 Å². The van der Waals surface area contributed by atoms with E-state index < -0.39 is 0 Å². The number of aliphatic hydroxyl groups excluding tert-OH is 1. The lowest BCUT2D eigenvalue weighted by molar-refractivity contribution is 0.0962. The summed E-state index contributed by atoms with van der Waals surface area (Å²) in [5, 5.41) is 8.80. The van der Waals surface area contributed by atoms with E-state index in [-0.39, 0.29) is 19.1 Å². The van der Waals surface area contributed by atoms with Crippen molar-refractivity contribution in [3.8, 4) is 0 Å². The minimum Gasteiger partial charge on any atom is -0.390 e. The van der Waals surface area contributed by atoms with Gasteiger partial charge < -0.3 is 14.4 Å². The van der Waals surface area contributed by atoms with E-state index in [1.54, 1.807) is 10.8 Å². The van der Waals surface area contributed by atoms with Crippen LogP contribution in [0.1, 0.15) is 23.2 Å². The van der Waals surface area contributed by atoms with Crippen LogP contribution < -0.4 is 0 Å². The van der Waals surface area contributed by atoms with Crippen LogP contribution in [0.15, 0.2) is 6.20 Å². The van der Waals surface area contributed by atoms with Gasteiger partial charge in [0.05, 0.1) is 12.3 Å². The van der Waals surface area contributed by atoms with E-state index >= 15 is 0 Å². The average molecular weight is 184 g/mol. The van der Waals surface area contributed by atoms with Crippen molar-refractivity contribution in [1.82, 2.24) is 9.55 Å². The van der Waals surface area contributed by atoms with Crippen LogP contribution in [-0.4, -0.2) is 27.6 Å². The third kappa shape index (κ3) is 2.13. The van der Waals surface area contributed by atoms with Gasteiger partial charge in [0.15, 0.2) is 11.6 Å². The number of hydrogen-bond acceptors (Lipinski definition) is 4. The quantitative estimate of drug-likeness (QED) is 0.678. The van der Waals surface area contributed by atoms with Gasteiger partial charge in [0.2, 0.25) is 0 Å². The summed E-state index contributed by atoms with van der Waals surface area (Å²) >= 11 is 0. The Hall–Kier alpha value is -1.20. The molecule has 0 aliphatic carbocycles. The number of aliphatic hydroxyl groups is 1. The maximum absolute atomic E-state index is 11.0. The molecule has 0 radical (unpaired) electrons. The summed E-state index contributed by atoms with van der Waals surface area (Å²) < 4.78 is 6.43. The van der Waals surface area contributed by atoms with Crippen LogP contribution in [0.5, 0.6) is 0 Å². The molecular weight excluding hydrogens is 172 g/mol. The first-order valence-corrected chi connectivity index (χ1v) is 3.85. The fraction of sp³-hybridized carbons (Fsp3) is 0.500. The lowest BCUT2D eigenvalue weighted by Gasteiger charge is -2.01. The molecule has 1 aromatic rings. The van der Waals surface area contributed by atoms with Gasteiger partial charge in [0.1, 0.15) is 6.73 Å². The molecule has 0 spiro atoms. The molecule has 0 aromatic carbocycles. The minimum atomic E-state index is -0.170. The molecule has 0 bridgehead atoms. The van der Waals surface area contributed by atoms with Crippen LogP contribution >= 0.6 is 0 Å². The molecule has 0 unspecified atom stereocenters. The second-order valence-electron chi connectivity index (χ2n) is 2.66. The Kier molecular flexibility index (Phi) is 3.16. The third-order valence-electron chi connectivity index (χ3n) is 1.57. The van der Waals surface area contributed by atoms with Crippen molar-refractivity contribution < 1.29 is 14.6 Å². The molecule has 0 amide bonds. The zero-order valence-electron chi connectivity index (χ0n) is 7.65. The predicted molar refractivity (Wildman–Crippen MR) is 45.2 cm³/mol. The van der Waals surface area contributed by atoms with E-state index in [9.17, 15) is 4.79 Å². The van der Waals surface area contributed by atoms with Crippen molar-refractivity contribution in [3.63, 3.8) is 0 Å². The van der Waals surface area contributed by atoms with Gasteiger partial charge in [0.25, 0.3) is 0 Å². The number of hydrogen-bond donors (Lipinski definition) is 1. The van der Waals surface area contributed by atoms with Crippen molar-refractivity contribution in [1.29, 1.82) is 0 Å². The molecule has 0 saturated carbocycles. The van der Waals surface area contributed by atoms with Crippen molar-refractivity contribution in [2.45, 2.75) is 20.3 Å². The molecule has 72 valence electrons. The molecule has 5 nitrogen and oxygen atoms in total. The molecule has 1 N–H and O–H groups in total. The Morgan fingerprint density at radius 1 is 1.77 bits per heavy atom. The second kappa shape index (κ2) is 4.15. The highest BCUT2D eigenvalue weighted by atomic mass is 16.5. The summed E-state index contributed by atoms with van der Waals surface area (Å²) in [5.74, 6) is 0.169. The number of imidazole rings is 1. The Labute approximate surface area is 76.0 Å². The Morgan fingerprint density at radius 3 is 2.92 bits per heavy atom. The summed E-state index contributed by atoms with van der Waals surface area (Å²) in [7, 11) is 1.53. The van der Waals surface area contributed by atoms with Gasteiger partial charge in [-0.25, -0.2) is 4.98 Å². The Balaban J connectivity index is 3.00. The highest BCUT2D eigenvalue weighted by Gasteiger charge is 2.10. The van der Waals surface area contributed by atoms with Gasteiger partial charge in [-0.15, -0.1) is 0 Å². The summed E-state index contributed by atoms with van der Waals surface area (Å²) in [6.07, 6.45) is 1.60. The largest absolute Gasteiger partial charge is 0.390 e. The van der Waals surface area contributed by atoms with Crippen molar-refractivity contribution >= 4 is 5.78 Å². The molecule has 1 aromatic heterocycles. The SMILES string of the molecule is COCn1cc(CO)nc1C(C)=O. The van der Waals surface area contributed by atoms with E-state index in [2.05, 4.69) is 4.98 Å². The molecule has 1 rings (SSSR count). The highest BCUT2D eigenvalue weighted by molar-refractivity contribution is 5.90. The van der Waals surface area contributed by atoms with Crippen LogP contribution in [0.25, 0.3) is 0 Å². The number of carbonyl (C=O) groups excluding carboxylic acids is 1. The fourth-order valence-corrected chi connectivity index (χ4v) is 1.06. The van der Waals surface area contributed by atoms with Crippen molar-refractivity contribution in [3.05, 3.63) is 17.7 Å². The van der Waals surface area contributed by atoms with Crippen LogP contribution in [0.3, 0.4) is 0 Å². The average Bonchev–Trinajstić information content (AvgIpc) is 2.48. The molecule has 0 fully saturated rings. The minimum absolute atomic E-state index is 0.142. The summed E-state index contributed by atoms with van der Waals surface area (Å²) in [4.78, 5) is 15.0. The van der Waals surface area contributed by atoms with E-state index in [1.165, 1.54) is 14.0 Å². The van der Waals surface area contributed by atoms with E-state index in [1.807, 2.05) is 0 Å². The molecule has 0 aliphatic rings. The first kappa shape index (κ1) is 9.88. The van der Waals surface area contributed by atoms with Crippen LogP contribution in [0, 0.1) is 0 Å². The summed E-state index contributed by atoms with van der Waals surface area (Å²) in [5.41, 5.74) is 0.474. The predicted octanol–water partition coefficient (Wildman–Crippen LogP) is 0.182. The number of ketones is 1. The van der Waals surface area contributed by atoms with Gasteiger partial charge in [-0.2, -0.15) is 0 Å². The van der Waals surface area contributed by atoms with E-state index in [4.69, 9.17) is 9.84 Å². The topological polar surface area (TPSA) is 64.3 Å². The van der Waals surface area contributed by atoms with Crippen LogP contribution in [0.2, 0.25) is 0 Å². The lowest BCUT2D eigenvalue weighted by atomic mass is 10.4. The standard InChI is InChI=1S/C8H12N2O3/c1-6(12)8-9-7(4-11)3-10(8)5-13-2/h3,11H,4-5H2,1-2H3. The molecule has 0 aliphatic heterocycles. The first-order chi connectivity index (χ1) is 6.19. The summed E-state index contributed by atoms with van der Waals surface area (Å²) in [6.45, 7) is 1.52. The summed E-state index contributed by atoms with van der Waals surface area (Å²) in [6, 6.07) is 0. The van der Waals surface area contributed by atoms with Gasteiger partial charge >= 0.3 is 0 Å². The Morgan fingerprint density at radius 2 is 2.46 bits per heavy atom. The zero-order valence-corrected chi connectivity index (χ0v) is 7.65. The number of Topliss-reactive ketones (excluding diaryl/α,β-unsaturated/α-hetero) is 1. The molecule has 1 heterocycles. The number of methoxy groups -OCH3 is 1. The number of nitrogens with zero attached hydrogens (tertiary/aromatic N) is 2. The second-order valence-corrected chi connectivity index (χ2v) is 2.66. The molecule has 5 heteroatoms. The molecular formula is C8H12N2O3. The van der Waals surface area contributed by atoms with Gasteiger partial charge in [0, 0.05) is 20.2 Å². The smallest absolute Gasteiger partial charge is 0.195 e. The van der Waals surface area contributed by atoms with Crippen molar-refractivity contribution in [2.24, 2.45) is 0 Å². The number of aromatic nitrogens is 2. The Bertz CT molecular complexity index is 306. The number of carbonyl (C=O) groups is 1. The normalized spacial score (nSPS) is 10.4. The lowest BCUT2D eigenvalue weighted by Crippen LogP contribution is -2.08. The number of rotatable bonds is 4. The maximum atomic E-state index is 11.0. The van der Waals surface area contributed by atoms with E-state index in [0.717, 1.165) is 0 Å². The maximum Gasteiger partial charge on any atom is 0.195 e. The van der Waals surface area contributed by atoms with Crippen LogP contribution in [0.4, 0.5) is 0 Å². The van der Waals surface area contributed by atoms with Gasteiger partial charge in [-0.05, 0) is 0 Å². The zero-order chi connectivity index (χ0) is 9.84. The van der Waals surface area contributed by atoms with E-state index in [0.29, 0.717) is 11.5 Å². The molecule has 0 saturated heterocycles. The third-order valence-corrected chi connectivity index (χ3v) is 1.57. The van der Waals surface area contributed by atoms with Gasteiger partial charge in [-0.3, -0.25) is 4.79 Å². The fourth-order valence-electron chi connectivity index (χ4n) is 1.06. The molecule has 13 heavy (non-hydrogen) atoms. The first-order valence-electron chi connectivity index (χ1n) is 3.85. The highest BCUT2D eigenvalue weighted by Crippen LogP contribution is 2.04. The van der Waals surface area contributed by atoms with Crippen molar-refractivity contribution in [2.75, 3.05) is 7.11 Å². The van der Waals surface area contributed by atoms with Crippen LogP contribution in [-0.2, 0) is 18.1 Å². The number of ether oxygens (including phenoxy) is 1. The monoisotopic (exact) mass is 184 g/mol. The molecule has 0 atom stereocenters.